The minimum Gasteiger partial charge on any atom is -0.379 e. The second-order valence-electron chi connectivity index (χ2n) is 3.70. The summed E-state index contributed by atoms with van der Waals surface area (Å²) in [7, 11) is -3.76. The van der Waals surface area contributed by atoms with E-state index in [1.807, 2.05) is 0 Å². The van der Waals surface area contributed by atoms with E-state index < -0.39 is 10.1 Å². The highest BCUT2D eigenvalue weighted by Crippen LogP contribution is 2.18. The van der Waals surface area contributed by atoms with Gasteiger partial charge in [-0.15, -0.1) is 0 Å². The van der Waals surface area contributed by atoms with Crippen molar-refractivity contribution in [2.45, 2.75) is 11.4 Å². The smallest absolute Gasteiger partial charge is 0.339 e. The summed E-state index contributed by atoms with van der Waals surface area (Å²) in [6, 6.07) is 14.7. The number of nitrogens with two attached hydrogens (primary N) is 1. The predicted molar refractivity (Wildman–Crippen MR) is 68.6 cm³/mol. The van der Waals surface area contributed by atoms with Crippen molar-refractivity contribution < 1.29 is 12.6 Å². The molecule has 0 amide bonds. The van der Waals surface area contributed by atoms with Crippen LogP contribution in [0.2, 0.25) is 0 Å². The topological polar surface area (TPSA) is 69.4 Å². The fraction of sp³-hybridized carbons (Fsp3) is 0.0769. The van der Waals surface area contributed by atoms with Gasteiger partial charge in [0, 0.05) is 6.54 Å². The highest BCUT2D eigenvalue weighted by Gasteiger charge is 2.15. The maximum atomic E-state index is 11.9. The van der Waals surface area contributed by atoms with Crippen LogP contribution in [-0.2, 0) is 16.7 Å². The van der Waals surface area contributed by atoms with E-state index in [1.54, 1.807) is 42.5 Å². The van der Waals surface area contributed by atoms with E-state index >= 15 is 0 Å². The molecule has 0 spiro atoms. The van der Waals surface area contributed by atoms with Crippen LogP contribution in [0.3, 0.4) is 0 Å². The lowest BCUT2D eigenvalue weighted by Crippen LogP contribution is -2.09. The van der Waals surface area contributed by atoms with Crippen LogP contribution in [0.25, 0.3) is 0 Å². The molecule has 0 aromatic heterocycles. The summed E-state index contributed by atoms with van der Waals surface area (Å²) < 4.78 is 28.8. The van der Waals surface area contributed by atoms with Crippen LogP contribution in [0.4, 0.5) is 0 Å². The molecule has 0 radical (unpaired) electrons. The largest absolute Gasteiger partial charge is 0.379 e. The molecule has 0 fully saturated rings. The van der Waals surface area contributed by atoms with E-state index in [9.17, 15) is 8.42 Å². The maximum Gasteiger partial charge on any atom is 0.339 e. The van der Waals surface area contributed by atoms with Gasteiger partial charge in [0.15, 0.2) is 0 Å². The number of rotatable bonds is 4. The lowest BCUT2D eigenvalue weighted by atomic mass is 10.2. The standard InChI is InChI=1S/C13H13NO3S/c14-10-11-6-8-12(9-7-11)17-18(15,16)13-4-2-1-3-5-13/h1-9H,10,14H2. The minimum absolute atomic E-state index is 0.132. The zero-order valence-electron chi connectivity index (χ0n) is 9.61. The molecule has 0 heterocycles. The quantitative estimate of drug-likeness (QED) is 0.855. The Morgan fingerprint density at radius 3 is 2.11 bits per heavy atom. The maximum absolute atomic E-state index is 11.9. The van der Waals surface area contributed by atoms with Gasteiger partial charge in [-0.1, -0.05) is 30.3 Å². The Balaban J connectivity index is 2.22. The highest BCUT2D eigenvalue weighted by molar-refractivity contribution is 7.87. The van der Waals surface area contributed by atoms with Crippen molar-refractivity contribution >= 4 is 10.1 Å². The van der Waals surface area contributed by atoms with E-state index in [0.717, 1.165) is 5.56 Å². The van der Waals surface area contributed by atoms with Gasteiger partial charge in [-0.2, -0.15) is 8.42 Å². The van der Waals surface area contributed by atoms with Gasteiger partial charge < -0.3 is 9.92 Å². The highest BCUT2D eigenvalue weighted by atomic mass is 32.2. The van der Waals surface area contributed by atoms with Crippen molar-refractivity contribution in [3.63, 3.8) is 0 Å². The molecule has 4 nitrogen and oxygen atoms in total. The third-order valence-electron chi connectivity index (χ3n) is 2.40. The SMILES string of the molecule is NCc1ccc(OS(=O)(=O)c2ccccc2)cc1. The summed E-state index contributed by atoms with van der Waals surface area (Å²) >= 11 is 0. The fourth-order valence-electron chi connectivity index (χ4n) is 1.44. The van der Waals surface area contributed by atoms with Crippen LogP contribution < -0.4 is 9.92 Å². The Morgan fingerprint density at radius 1 is 0.944 bits per heavy atom. The molecule has 0 bridgehead atoms. The van der Waals surface area contributed by atoms with E-state index in [2.05, 4.69) is 0 Å². The second-order valence-corrected chi connectivity index (χ2v) is 5.24. The summed E-state index contributed by atoms with van der Waals surface area (Å²) in [5, 5.41) is 0. The van der Waals surface area contributed by atoms with Crippen LogP contribution in [0.1, 0.15) is 5.56 Å². The Bertz CT molecular complexity index is 606. The minimum atomic E-state index is -3.76. The first-order chi connectivity index (χ1) is 8.62. The average molecular weight is 263 g/mol. The van der Waals surface area contributed by atoms with Crippen LogP contribution >= 0.6 is 0 Å². The average Bonchev–Trinajstić information content (AvgIpc) is 2.40. The van der Waals surface area contributed by atoms with Gasteiger partial charge in [0.05, 0.1) is 0 Å². The van der Waals surface area contributed by atoms with E-state index in [-0.39, 0.29) is 10.6 Å². The van der Waals surface area contributed by atoms with Gasteiger partial charge in [-0.05, 0) is 29.8 Å². The van der Waals surface area contributed by atoms with Crippen LogP contribution in [0.5, 0.6) is 5.75 Å². The van der Waals surface area contributed by atoms with Crippen LogP contribution in [-0.4, -0.2) is 8.42 Å². The van der Waals surface area contributed by atoms with Crippen molar-refractivity contribution in [2.24, 2.45) is 5.73 Å². The van der Waals surface area contributed by atoms with E-state index in [0.29, 0.717) is 6.54 Å². The van der Waals surface area contributed by atoms with Gasteiger partial charge in [-0.25, -0.2) is 0 Å². The molecule has 0 aliphatic rings. The monoisotopic (exact) mass is 263 g/mol. The Hall–Kier alpha value is -1.85. The van der Waals surface area contributed by atoms with Gasteiger partial charge >= 0.3 is 10.1 Å². The first-order valence-corrected chi connectivity index (χ1v) is 6.81. The second kappa shape index (κ2) is 5.20. The third kappa shape index (κ3) is 2.88. The number of hydrogen-bond acceptors (Lipinski definition) is 4. The number of benzene rings is 2. The molecule has 0 atom stereocenters. The van der Waals surface area contributed by atoms with Crippen molar-refractivity contribution in [1.29, 1.82) is 0 Å². The van der Waals surface area contributed by atoms with Crippen LogP contribution in [0, 0.1) is 0 Å². The van der Waals surface area contributed by atoms with Gasteiger partial charge in [0.2, 0.25) is 0 Å². The van der Waals surface area contributed by atoms with Gasteiger partial charge in [0.25, 0.3) is 0 Å². The molecule has 0 aliphatic carbocycles. The Morgan fingerprint density at radius 2 is 1.56 bits per heavy atom. The lowest BCUT2D eigenvalue weighted by molar-refractivity contribution is 0.486. The molecule has 18 heavy (non-hydrogen) atoms. The molecule has 0 aliphatic heterocycles. The van der Waals surface area contributed by atoms with E-state index in [4.69, 9.17) is 9.92 Å². The molecule has 5 heteroatoms. The third-order valence-corrected chi connectivity index (χ3v) is 3.66. The molecule has 0 saturated heterocycles. The molecule has 94 valence electrons. The molecular formula is C13H13NO3S. The Kier molecular flexibility index (Phi) is 3.64. The van der Waals surface area contributed by atoms with Gasteiger partial charge in [0.1, 0.15) is 10.6 Å². The summed E-state index contributed by atoms with van der Waals surface area (Å²) in [5.74, 6) is 0.274. The van der Waals surface area contributed by atoms with Crippen molar-refractivity contribution in [3.8, 4) is 5.75 Å². The normalized spacial score (nSPS) is 11.2. The van der Waals surface area contributed by atoms with Crippen molar-refractivity contribution in [1.82, 2.24) is 0 Å². The zero-order valence-corrected chi connectivity index (χ0v) is 10.4. The molecule has 2 N–H and O–H groups in total. The molecule has 2 aromatic rings. The number of hydrogen-bond donors (Lipinski definition) is 1. The van der Waals surface area contributed by atoms with Crippen LogP contribution in [0.15, 0.2) is 59.5 Å². The lowest BCUT2D eigenvalue weighted by Gasteiger charge is -2.07. The predicted octanol–water partition coefficient (Wildman–Crippen LogP) is 1.91. The van der Waals surface area contributed by atoms with Gasteiger partial charge in [-0.3, -0.25) is 0 Å². The summed E-state index contributed by atoms with van der Waals surface area (Å²) in [5.41, 5.74) is 6.38. The first kappa shape index (κ1) is 12.6. The van der Waals surface area contributed by atoms with Crippen molar-refractivity contribution in [3.05, 3.63) is 60.2 Å². The molecule has 0 saturated carbocycles. The summed E-state index contributed by atoms with van der Waals surface area (Å²) in [6.45, 7) is 0.408. The fourth-order valence-corrected chi connectivity index (χ4v) is 2.39. The summed E-state index contributed by atoms with van der Waals surface area (Å²) in [6.07, 6.45) is 0. The molecule has 0 unspecified atom stereocenters. The first-order valence-electron chi connectivity index (χ1n) is 5.40. The van der Waals surface area contributed by atoms with Crippen molar-refractivity contribution in [2.75, 3.05) is 0 Å². The van der Waals surface area contributed by atoms with E-state index in [1.165, 1.54) is 12.1 Å². The Labute approximate surface area is 106 Å². The summed E-state index contributed by atoms with van der Waals surface area (Å²) in [4.78, 5) is 0.132. The molecule has 2 rings (SSSR count). The zero-order chi connectivity index (χ0) is 13.0. The molecule has 2 aromatic carbocycles. The molecular weight excluding hydrogens is 250 g/mol.